The van der Waals surface area contributed by atoms with E-state index in [0.29, 0.717) is 13.1 Å². The van der Waals surface area contributed by atoms with Gasteiger partial charge in [0.15, 0.2) is 5.78 Å². The van der Waals surface area contributed by atoms with E-state index in [-0.39, 0.29) is 17.1 Å². The van der Waals surface area contributed by atoms with Gasteiger partial charge in [0.2, 0.25) is 5.91 Å². The van der Waals surface area contributed by atoms with Crippen LogP contribution in [0, 0.1) is 12.3 Å². The van der Waals surface area contributed by atoms with Crippen molar-refractivity contribution in [2.75, 3.05) is 26.7 Å². The third-order valence-electron chi connectivity index (χ3n) is 3.71. The third kappa shape index (κ3) is 3.04. The molecule has 1 unspecified atom stereocenters. The lowest BCUT2D eigenvalue weighted by Crippen LogP contribution is -2.39. The van der Waals surface area contributed by atoms with Crippen molar-refractivity contribution in [1.29, 1.82) is 0 Å². The number of hydrogen-bond donors (Lipinski definition) is 1. The second-order valence-electron chi connectivity index (χ2n) is 5.43. The smallest absolute Gasteiger partial charge is 0.227 e. The van der Waals surface area contributed by atoms with Gasteiger partial charge in [0.1, 0.15) is 0 Å². The number of aryl methyl sites for hydroxylation is 1. The molecule has 1 N–H and O–H groups in total. The third-order valence-corrected chi connectivity index (χ3v) is 4.75. The molecule has 1 atom stereocenters. The second kappa shape index (κ2) is 5.43. The molecule has 2 heterocycles. The molecule has 1 aliphatic rings. The van der Waals surface area contributed by atoms with E-state index in [1.54, 1.807) is 7.05 Å². The van der Waals surface area contributed by atoms with Crippen molar-refractivity contribution in [2.45, 2.75) is 20.3 Å². The van der Waals surface area contributed by atoms with Gasteiger partial charge < -0.3 is 5.32 Å². The number of rotatable bonds is 4. The summed E-state index contributed by atoms with van der Waals surface area (Å²) in [6.07, 6.45) is 0.809. The number of nitrogens with one attached hydrogen (secondary N) is 1. The summed E-state index contributed by atoms with van der Waals surface area (Å²) in [4.78, 5) is 28.0. The first-order chi connectivity index (χ1) is 8.94. The number of carbonyl (C=O) groups is 2. The van der Waals surface area contributed by atoms with Gasteiger partial charge in [0, 0.05) is 18.5 Å². The summed E-state index contributed by atoms with van der Waals surface area (Å²) in [7, 11) is 1.66. The van der Waals surface area contributed by atoms with Crippen LogP contribution < -0.4 is 5.32 Å². The average Bonchev–Trinajstić information content (AvgIpc) is 2.96. The lowest BCUT2D eigenvalue weighted by molar-refractivity contribution is -0.129. The SMILES string of the molecule is CNC(=O)C1(C)CCN(CC(=O)c2ccc(C)s2)C1. The molecule has 19 heavy (non-hydrogen) atoms. The Bertz CT molecular complexity index is 497. The predicted molar refractivity (Wildman–Crippen MR) is 76.6 cm³/mol. The van der Waals surface area contributed by atoms with Crippen LogP contribution in [-0.2, 0) is 4.79 Å². The lowest BCUT2D eigenvalue weighted by atomic mass is 9.89. The minimum atomic E-state index is -0.361. The molecule has 1 aliphatic heterocycles. The van der Waals surface area contributed by atoms with E-state index in [2.05, 4.69) is 10.2 Å². The van der Waals surface area contributed by atoms with Crippen molar-refractivity contribution in [3.8, 4) is 0 Å². The monoisotopic (exact) mass is 280 g/mol. The fourth-order valence-electron chi connectivity index (χ4n) is 2.54. The van der Waals surface area contributed by atoms with Crippen molar-refractivity contribution in [3.63, 3.8) is 0 Å². The highest BCUT2D eigenvalue weighted by Crippen LogP contribution is 2.30. The molecule has 1 amide bonds. The van der Waals surface area contributed by atoms with E-state index in [0.717, 1.165) is 22.7 Å². The van der Waals surface area contributed by atoms with Crippen molar-refractivity contribution >= 4 is 23.0 Å². The summed E-state index contributed by atoms with van der Waals surface area (Å²) in [5.74, 6) is 0.216. The molecule has 1 aromatic rings. The van der Waals surface area contributed by atoms with E-state index in [1.807, 2.05) is 26.0 Å². The summed E-state index contributed by atoms with van der Waals surface area (Å²) in [5.41, 5.74) is -0.361. The molecular formula is C14H20N2O2S. The Morgan fingerprint density at radius 1 is 1.47 bits per heavy atom. The maximum atomic E-state index is 12.1. The number of amides is 1. The number of likely N-dealkylation sites (tertiary alicyclic amines) is 1. The molecule has 0 saturated carbocycles. The summed E-state index contributed by atoms with van der Waals surface area (Å²) in [5, 5.41) is 2.71. The molecule has 0 radical (unpaired) electrons. The average molecular weight is 280 g/mol. The number of Topliss-reactive ketones (excluding diaryl/α,β-unsaturated/α-hetero) is 1. The molecule has 104 valence electrons. The summed E-state index contributed by atoms with van der Waals surface area (Å²) in [6, 6.07) is 3.85. The van der Waals surface area contributed by atoms with Crippen molar-refractivity contribution < 1.29 is 9.59 Å². The van der Waals surface area contributed by atoms with E-state index >= 15 is 0 Å². The number of thiophene rings is 1. The number of hydrogen-bond acceptors (Lipinski definition) is 4. The van der Waals surface area contributed by atoms with Crippen LogP contribution in [0.3, 0.4) is 0 Å². The Labute approximate surface area is 117 Å². The molecule has 0 bridgehead atoms. The van der Waals surface area contributed by atoms with Crippen LogP contribution in [0.15, 0.2) is 12.1 Å². The van der Waals surface area contributed by atoms with Crippen molar-refractivity contribution in [1.82, 2.24) is 10.2 Å². The van der Waals surface area contributed by atoms with Crippen LogP contribution in [0.4, 0.5) is 0 Å². The van der Waals surface area contributed by atoms with Crippen LogP contribution in [-0.4, -0.2) is 43.3 Å². The van der Waals surface area contributed by atoms with Crippen LogP contribution in [0.5, 0.6) is 0 Å². The first kappa shape index (κ1) is 14.2. The lowest BCUT2D eigenvalue weighted by Gasteiger charge is -2.22. The van der Waals surface area contributed by atoms with E-state index in [9.17, 15) is 9.59 Å². The maximum Gasteiger partial charge on any atom is 0.227 e. The zero-order valence-electron chi connectivity index (χ0n) is 11.7. The molecular weight excluding hydrogens is 260 g/mol. The zero-order chi connectivity index (χ0) is 14.0. The summed E-state index contributed by atoms with van der Waals surface area (Å²) < 4.78 is 0. The number of carbonyl (C=O) groups excluding carboxylic acids is 2. The van der Waals surface area contributed by atoms with Gasteiger partial charge in [0.05, 0.1) is 16.8 Å². The molecule has 0 aromatic carbocycles. The van der Waals surface area contributed by atoms with Gasteiger partial charge in [-0.15, -0.1) is 11.3 Å². The molecule has 1 fully saturated rings. The highest BCUT2D eigenvalue weighted by molar-refractivity contribution is 7.14. The largest absolute Gasteiger partial charge is 0.359 e. The Morgan fingerprint density at radius 2 is 2.21 bits per heavy atom. The molecule has 4 nitrogen and oxygen atoms in total. The van der Waals surface area contributed by atoms with Crippen LogP contribution in [0.1, 0.15) is 27.9 Å². The highest BCUT2D eigenvalue weighted by Gasteiger charge is 2.40. The molecule has 0 spiro atoms. The van der Waals surface area contributed by atoms with E-state index in [1.165, 1.54) is 11.3 Å². The molecule has 1 saturated heterocycles. The fraction of sp³-hybridized carbons (Fsp3) is 0.571. The first-order valence-electron chi connectivity index (χ1n) is 6.49. The quantitative estimate of drug-likeness (QED) is 0.854. The standard InChI is InChI=1S/C14H20N2O2S/c1-10-4-5-12(19-10)11(17)8-16-7-6-14(2,9-16)13(18)15-3/h4-5H,6-9H2,1-3H3,(H,15,18). The Balaban J connectivity index is 1.95. The van der Waals surface area contributed by atoms with E-state index < -0.39 is 0 Å². The van der Waals surface area contributed by atoms with Gasteiger partial charge in [-0.1, -0.05) is 0 Å². The number of nitrogens with zero attached hydrogens (tertiary/aromatic N) is 1. The summed E-state index contributed by atoms with van der Waals surface area (Å²) >= 11 is 1.53. The van der Waals surface area contributed by atoms with Gasteiger partial charge in [-0.05, 0) is 38.9 Å². The van der Waals surface area contributed by atoms with Gasteiger partial charge in [0.25, 0.3) is 0 Å². The van der Waals surface area contributed by atoms with Crippen molar-refractivity contribution in [3.05, 3.63) is 21.9 Å². The minimum Gasteiger partial charge on any atom is -0.359 e. The van der Waals surface area contributed by atoms with Gasteiger partial charge in [-0.2, -0.15) is 0 Å². The van der Waals surface area contributed by atoms with Crippen LogP contribution >= 0.6 is 11.3 Å². The normalized spacial score (nSPS) is 23.5. The maximum absolute atomic E-state index is 12.1. The van der Waals surface area contributed by atoms with E-state index in [4.69, 9.17) is 0 Å². The highest BCUT2D eigenvalue weighted by atomic mass is 32.1. The van der Waals surface area contributed by atoms with Crippen LogP contribution in [0.2, 0.25) is 0 Å². The van der Waals surface area contributed by atoms with Gasteiger partial charge >= 0.3 is 0 Å². The van der Waals surface area contributed by atoms with Gasteiger partial charge in [-0.3, -0.25) is 14.5 Å². The Kier molecular flexibility index (Phi) is 4.06. The Morgan fingerprint density at radius 3 is 2.79 bits per heavy atom. The first-order valence-corrected chi connectivity index (χ1v) is 7.30. The second-order valence-corrected chi connectivity index (χ2v) is 6.72. The predicted octanol–water partition coefficient (Wildman–Crippen LogP) is 1.70. The molecule has 1 aromatic heterocycles. The topological polar surface area (TPSA) is 49.4 Å². The minimum absolute atomic E-state index is 0.0643. The van der Waals surface area contributed by atoms with Crippen LogP contribution in [0.25, 0.3) is 0 Å². The summed E-state index contributed by atoms with van der Waals surface area (Å²) in [6.45, 7) is 5.83. The Hall–Kier alpha value is -1.20. The van der Waals surface area contributed by atoms with Gasteiger partial charge in [-0.25, -0.2) is 0 Å². The molecule has 5 heteroatoms. The zero-order valence-corrected chi connectivity index (χ0v) is 12.5. The molecule has 0 aliphatic carbocycles. The molecule has 2 rings (SSSR count). The number of ketones is 1. The fourth-order valence-corrected chi connectivity index (χ4v) is 3.34. The van der Waals surface area contributed by atoms with Crippen molar-refractivity contribution in [2.24, 2.45) is 5.41 Å².